The molecule has 3 fully saturated rings. The lowest BCUT2D eigenvalue weighted by Crippen LogP contribution is -2.43. The van der Waals surface area contributed by atoms with Gasteiger partial charge in [-0.05, 0) is 93.9 Å². The largest absolute Gasteiger partial charge is 0.493 e. The van der Waals surface area contributed by atoms with Crippen LogP contribution >= 0.6 is 0 Å². The van der Waals surface area contributed by atoms with Crippen LogP contribution in [0, 0.1) is 11.8 Å². The molecule has 1 aliphatic heterocycles. The molecule has 0 bridgehead atoms. The third kappa shape index (κ3) is 4.53. The molecule has 0 aromatic heterocycles. The number of hydrogen-bond donors (Lipinski definition) is 1. The monoisotopic (exact) mass is 385 g/mol. The minimum absolute atomic E-state index is 0.103. The van der Waals surface area contributed by atoms with Gasteiger partial charge in [-0.3, -0.25) is 4.79 Å². The lowest BCUT2D eigenvalue weighted by molar-refractivity contribution is -0.134. The Morgan fingerprint density at radius 2 is 1.89 bits per heavy atom. The summed E-state index contributed by atoms with van der Waals surface area (Å²) in [5.41, 5.74) is 2.07. The molecule has 1 aromatic rings. The Morgan fingerprint density at radius 3 is 2.57 bits per heavy atom. The average Bonchev–Trinajstić information content (AvgIpc) is 3.45. The van der Waals surface area contributed by atoms with E-state index in [0.717, 1.165) is 69.8 Å². The maximum absolute atomic E-state index is 13.1. The summed E-state index contributed by atoms with van der Waals surface area (Å²) in [4.78, 5) is 15.2. The molecule has 1 amide bonds. The van der Waals surface area contributed by atoms with Crippen LogP contribution in [0.2, 0.25) is 0 Å². The predicted molar refractivity (Wildman–Crippen MR) is 110 cm³/mol. The number of aryl methyl sites for hydroxylation is 1. The van der Waals surface area contributed by atoms with E-state index in [0.29, 0.717) is 11.9 Å². The van der Waals surface area contributed by atoms with Gasteiger partial charge < -0.3 is 14.7 Å². The van der Waals surface area contributed by atoms with Crippen molar-refractivity contribution in [2.24, 2.45) is 11.8 Å². The molecule has 0 radical (unpaired) electrons. The second kappa shape index (κ2) is 8.06. The lowest BCUT2D eigenvalue weighted by Gasteiger charge is -2.37. The molecule has 1 atom stereocenters. The number of likely N-dealkylation sites (tertiary alicyclic amines) is 1. The molecule has 4 nitrogen and oxygen atoms in total. The standard InChI is InChI=1S/C24H35NO3/c1-3-18-15-22(28-16-17-4-5-17)7-6-19(18)14-20-10-13-25(23(20)26)21-8-11-24(2,27)12-9-21/h6-7,15,17,20-21,27H,3-5,8-14,16H2,1-2H3. The molecule has 1 heterocycles. The summed E-state index contributed by atoms with van der Waals surface area (Å²) in [6, 6.07) is 6.76. The number of aliphatic hydroxyl groups is 1. The highest BCUT2D eigenvalue weighted by atomic mass is 16.5. The highest BCUT2D eigenvalue weighted by Crippen LogP contribution is 2.35. The topological polar surface area (TPSA) is 49.8 Å². The zero-order valence-electron chi connectivity index (χ0n) is 17.5. The first-order valence-corrected chi connectivity index (χ1v) is 11.2. The number of amides is 1. The summed E-state index contributed by atoms with van der Waals surface area (Å²) < 4.78 is 5.94. The molecular formula is C24H35NO3. The van der Waals surface area contributed by atoms with Crippen LogP contribution in [0.15, 0.2) is 18.2 Å². The number of ether oxygens (including phenoxy) is 1. The van der Waals surface area contributed by atoms with Crippen LogP contribution in [-0.2, 0) is 17.6 Å². The summed E-state index contributed by atoms with van der Waals surface area (Å²) in [6.45, 7) is 5.82. The number of hydrogen-bond acceptors (Lipinski definition) is 3. The van der Waals surface area contributed by atoms with Crippen molar-refractivity contribution in [1.82, 2.24) is 4.90 Å². The normalized spacial score (nSPS) is 30.7. The molecule has 2 aliphatic carbocycles. The van der Waals surface area contributed by atoms with Crippen LogP contribution in [0.25, 0.3) is 0 Å². The molecule has 1 N–H and O–H groups in total. The highest BCUT2D eigenvalue weighted by Gasteiger charge is 2.39. The van der Waals surface area contributed by atoms with E-state index in [1.165, 1.54) is 24.0 Å². The Balaban J connectivity index is 1.36. The first kappa shape index (κ1) is 19.8. The second-order valence-electron chi connectivity index (χ2n) is 9.49. The number of rotatable bonds is 7. The molecule has 4 rings (SSSR count). The van der Waals surface area contributed by atoms with Crippen molar-refractivity contribution >= 4 is 5.91 Å². The fourth-order valence-corrected chi connectivity index (χ4v) is 4.84. The molecule has 0 spiro atoms. The van der Waals surface area contributed by atoms with Crippen molar-refractivity contribution in [2.45, 2.75) is 83.3 Å². The molecule has 1 saturated heterocycles. The van der Waals surface area contributed by atoms with E-state index in [1.807, 2.05) is 6.92 Å². The molecule has 28 heavy (non-hydrogen) atoms. The van der Waals surface area contributed by atoms with Crippen LogP contribution in [-0.4, -0.2) is 40.7 Å². The molecule has 1 unspecified atom stereocenters. The number of carbonyl (C=O) groups excluding carboxylic acids is 1. The van der Waals surface area contributed by atoms with Crippen LogP contribution in [0.5, 0.6) is 5.75 Å². The summed E-state index contributed by atoms with van der Waals surface area (Å²) in [6.07, 6.45) is 8.83. The summed E-state index contributed by atoms with van der Waals surface area (Å²) in [5, 5.41) is 10.2. The van der Waals surface area contributed by atoms with Crippen LogP contribution in [0.3, 0.4) is 0 Å². The van der Waals surface area contributed by atoms with Crippen molar-refractivity contribution in [2.75, 3.05) is 13.2 Å². The van der Waals surface area contributed by atoms with Crippen LogP contribution < -0.4 is 4.74 Å². The van der Waals surface area contributed by atoms with Gasteiger partial charge in [-0.25, -0.2) is 0 Å². The molecule has 3 aliphatic rings. The van der Waals surface area contributed by atoms with Crippen molar-refractivity contribution in [3.8, 4) is 5.75 Å². The predicted octanol–water partition coefficient (Wildman–Crippen LogP) is 4.12. The van der Waals surface area contributed by atoms with E-state index >= 15 is 0 Å². The van der Waals surface area contributed by atoms with Gasteiger partial charge in [0.1, 0.15) is 5.75 Å². The van der Waals surface area contributed by atoms with Crippen molar-refractivity contribution in [3.63, 3.8) is 0 Å². The number of benzene rings is 1. The minimum Gasteiger partial charge on any atom is -0.493 e. The van der Waals surface area contributed by atoms with Gasteiger partial charge in [0.15, 0.2) is 0 Å². The molecule has 154 valence electrons. The Kier molecular flexibility index (Phi) is 5.69. The van der Waals surface area contributed by atoms with E-state index < -0.39 is 5.60 Å². The highest BCUT2D eigenvalue weighted by molar-refractivity contribution is 5.81. The molecule has 1 aromatic carbocycles. The summed E-state index contributed by atoms with van der Waals surface area (Å²) in [7, 11) is 0. The van der Waals surface area contributed by atoms with Gasteiger partial charge in [0.05, 0.1) is 12.2 Å². The van der Waals surface area contributed by atoms with E-state index in [2.05, 4.69) is 30.0 Å². The zero-order valence-corrected chi connectivity index (χ0v) is 17.5. The van der Waals surface area contributed by atoms with Gasteiger partial charge in [-0.15, -0.1) is 0 Å². The van der Waals surface area contributed by atoms with E-state index in [4.69, 9.17) is 4.74 Å². The Bertz CT molecular complexity index is 700. The fraction of sp³-hybridized carbons (Fsp3) is 0.708. The summed E-state index contributed by atoms with van der Waals surface area (Å²) in [5.74, 6) is 2.16. The minimum atomic E-state index is -0.544. The maximum atomic E-state index is 13.1. The van der Waals surface area contributed by atoms with Gasteiger partial charge in [-0.1, -0.05) is 13.0 Å². The fourth-order valence-electron chi connectivity index (χ4n) is 4.84. The lowest BCUT2D eigenvalue weighted by atomic mass is 9.83. The second-order valence-corrected chi connectivity index (χ2v) is 9.49. The summed E-state index contributed by atoms with van der Waals surface area (Å²) >= 11 is 0. The van der Waals surface area contributed by atoms with Crippen LogP contribution in [0.4, 0.5) is 0 Å². The number of nitrogens with zero attached hydrogens (tertiary/aromatic N) is 1. The smallest absolute Gasteiger partial charge is 0.226 e. The van der Waals surface area contributed by atoms with Crippen molar-refractivity contribution in [1.29, 1.82) is 0 Å². The van der Waals surface area contributed by atoms with Gasteiger partial charge in [0, 0.05) is 18.5 Å². The van der Waals surface area contributed by atoms with Gasteiger partial charge in [-0.2, -0.15) is 0 Å². The van der Waals surface area contributed by atoms with Gasteiger partial charge >= 0.3 is 0 Å². The van der Waals surface area contributed by atoms with E-state index in [-0.39, 0.29) is 5.92 Å². The Hall–Kier alpha value is -1.55. The molecule has 2 saturated carbocycles. The average molecular weight is 386 g/mol. The van der Waals surface area contributed by atoms with Gasteiger partial charge in [0.2, 0.25) is 5.91 Å². The quantitative estimate of drug-likeness (QED) is 0.768. The van der Waals surface area contributed by atoms with Crippen LogP contribution in [0.1, 0.15) is 69.9 Å². The first-order chi connectivity index (χ1) is 13.4. The van der Waals surface area contributed by atoms with Crippen molar-refractivity contribution < 1.29 is 14.6 Å². The van der Waals surface area contributed by atoms with Crippen molar-refractivity contribution in [3.05, 3.63) is 29.3 Å². The van der Waals surface area contributed by atoms with Gasteiger partial charge in [0.25, 0.3) is 0 Å². The van der Waals surface area contributed by atoms with E-state index in [1.54, 1.807) is 0 Å². The first-order valence-electron chi connectivity index (χ1n) is 11.2. The third-order valence-electron chi connectivity index (χ3n) is 7.03. The molecular weight excluding hydrogens is 350 g/mol. The number of carbonyl (C=O) groups is 1. The zero-order chi connectivity index (χ0) is 19.7. The Morgan fingerprint density at radius 1 is 1.14 bits per heavy atom. The third-order valence-corrected chi connectivity index (χ3v) is 7.03. The maximum Gasteiger partial charge on any atom is 0.226 e. The Labute approximate surface area is 169 Å². The van der Waals surface area contributed by atoms with E-state index in [9.17, 15) is 9.90 Å². The molecule has 4 heteroatoms. The SMILES string of the molecule is CCc1cc(OCC2CC2)ccc1CC1CCN(C2CCC(C)(O)CC2)C1=O.